The van der Waals surface area contributed by atoms with E-state index in [9.17, 15) is 0 Å². The van der Waals surface area contributed by atoms with Crippen LogP contribution in [0.15, 0.2) is 24.3 Å². The van der Waals surface area contributed by atoms with Crippen molar-refractivity contribution in [2.24, 2.45) is 5.92 Å². The van der Waals surface area contributed by atoms with Crippen LogP contribution < -0.4 is 4.74 Å². The summed E-state index contributed by atoms with van der Waals surface area (Å²) in [5.74, 6) is 1.53. The van der Waals surface area contributed by atoms with Crippen LogP contribution in [0.3, 0.4) is 0 Å². The first kappa shape index (κ1) is 10.9. The zero-order chi connectivity index (χ0) is 14.5. The van der Waals surface area contributed by atoms with Gasteiger partial charge in [0.2, 0.25) is 0 Å². The fourth-order valence-corrected chi connectivity index (χ4v) is 2.71. The van der Waals surface area contributed by atoms with Crippen molar-refractivity contribution in [1.29, 1.82) is 0 Å². The molecule has 0 spiro atoms. The molecule has 1 aromatic rings. The van der Waals surface area contributed by atoms with Gasteiger partial charge in [-0.15, -0.1) is 0 Å². The summed E-state index contributed by atoms with van der Waals surface area (Å²) in [5, 5.41) is 0. The van der Waals surface area contributed by atoms with Crippen LogP contribution in [-0.2, 0) is 0 Å². The Morgan fingerprint density at radius 1 is 1.17 bits per heavy atom. The maximum atomic E-state index is 8.31. The van der Waals surface area contributed by atoms with E-state index < -0.39 is 0 Å². The molecule has 1 saturated carbocycles. The van der Waals surface area contributed by atoms with Crippen LogP contribution in [-0.4, -0.2) is 6.61 Å². The normalized spacial score (nSPS) is 33.7. The van der Waals surface area contributed by atoms with Crippen LogP contribution in [0, 0.1) is 5.92 Å². The summed E-state index contributed by atoms with van der Waals surface area (Å²) in [6.45, 7) is 4.82. The third-order valence-corrected chi connectivity index (χ3v) is 3.73. The third kappa shape index (κ3) is 3.51. The van der Waals surface area contributed by atoms with Gasteiger partial charge in [-0.25, -0.2) is 0 Å². The Balaban J connectivity index is 2.03. The van der Waals surface area contributed by atoms with Crippen molar-refractivity contribution in [3.8, 4) is 5.75 Å². The molecule has 0 heterocycles. The lowest BCUT2D eigenvalue weighted by molar-refractivity contribution is 0.308. The molecule has 0 amide bonds. The molecule has 2 atom stereocenters. The van der Waals surface area contributed by atoms with Crippen LogP contribution in [0.25, 0.3) is 0 Å². The van der Waals surface area contributed by atoms with Crippen LogP contribution in [0.4, 0.5) is 0 Å². The molecule has 0 radical (unpaired) electrons. The number of rotatable bonds is 5. The van der Waals surface area contributed by atoms with Crippen LogP contribution in [0.1, 0.15) is 66.5 Å². The second-order valence-electron chi connectivity index (χ2n) is 5.09. The quantitative estimate of drug-likeness (QED) is 0.699. The van der Waals surface area contributed by atoms with Crippen molar-refractivity contribution in [3.63, 3.8) is 0 Å². The van der Waals surface area contributed by atoms with Gasteiger partial charge in [0.05, 0.1) is 6.61 Å². The Morgan fingerprint density at radius 2 is 1.83 bits per heavy atom. The van der Waals surface area contributed by atoms with Gasteiger partial charge >= 0.3 is 0 Å². The van der Waals surface area contributed by atoms with Crippen molar-refractivity contribution in [1.82, 2.24) is 0 Å². The first-order valence-electron chi connectivity index (χ1n) is 8.38. The molecule has 1 fully saturated rings. The fraction of sp³-hybridized carbons (Fsp3) is 0.647. The van der Waals surface area contributed by atoms with E-state index in [-0.39, 0.29) is 18.7 Å². The van der Waals surface area contributed by atoms with Crippen molar-refractivity contribution >= 4 is 0 Å². The first-order valence-corrected chi connectivity index (χ1v) is 7.22. The molecular weight excluding hydrogens is 220 g/mol. The summed E-state index contributed by atoms with van der Waals surface area (Å²) in [6, 6.07) is 8.23. The van der Waals surface area contributed by atoms with E-state index in [1.165, 1.54) is 5.56 Å². The smallest absolute Gasteiger partial charge is 0.119 e. The number of ether oxygens (including phenoxy) is 1. The van der Waals surface area contributed by atoms with Crippen molar-refractivity contribution in [2.75, 3.05) is 6.61 Å². The molecule has 18 heavy (non-hydrogen) atoms. The van der Waals surface area contributed by atoms with Crippen LogP contribution >= 0.6 is 0 Å². The molecule has 0 bridgehead atoms. The van der Waals surface area contributed by atoms with Gasteiger partial charge in [-0.1, -0.05) is 31.9 Å². The predicted octanol–water partition coefficient (Wildman–Crippen LogP) is 5.16. The van der Waals surface area contributed by atoms with E-state index in [4.69, 9.17) is 7.48 Å². The van der Waals surface area contributed by atoms with Gasteiger partial charge < -0.3 is 4.74 Å². The molecule has 2 unspecified atom stereocenters. The fourth-order valence-electron chi connectivity index (χ4n) is 2.71. The molecule has 1 nitrogen and oxygen atoms in total. The van der Waals surface area contributed by atoms with E-state index >= 15 is 0 Å². The average Bonchev–Trinajstić information content (AvgIpc) is 2.44. The lowest BCUT2D eigenvalue weighted by atomic mass is 9.77. The predicted molar refractivity (Wildman–Crippen MR) is 77.2 cm³/mol. The lowest BCUT2D eigenvalue weighted by Crippen LogP contribution is -2.13. The summed E-state index contributed by atoms with van der Waals surface area (Å²) in [6.07, 6.45) is 3.74. The van der Waals surface area contributed by atoms with Gasteiger partial charge in [0, 0.05) is 2.74 Å². The Hall–Kier alpha value is -0.980. The molecule has 0 aliphatic heterocycles. The molecule has 100 valence electrons. The van der Waals surface area contributed by atoms with Gasteiger partial charge in [-0.3, -0.25) is 0 Å². The Labute approximate surface area is 114 Å². The molecule has 1 heteroatoms. The molecule has 1 aliphatic carbocycles. The molecule has 0 N–H and O–H groups in total. The van der Waals surface area contributed by atoms with E-state index in [2.05, 4.69) is 19.1 Å². The van der Waals surface area contributed by atoms with Gasteiger partial charge in [-0.2, -0.15) is 0 Å². The Bertz CT molecular complexity index is 392. The van der Waals surface area contributed by atoms with Gasteiger partial charge in [0.15, 0.2) is 0 Å². The zero-order valence-electron chi connectivity index (χ0n) is 13.6. The highest BCUT2D eigenvalue weighted by molar-refractivity contribution is 5.29. The van der Waals surface area contributed by atoms with E-state index in [0.717, 1.165) is 31.4 Å². The molecule has 1 aliphatic rings. The van der Waals surface area contributed by atoms with Crippen molar-refractivity contribution in [3.05, 3.63) is 29.8 Å². The van der Waals surface area contributed by atoms with E-state index in [1.807, 2.05) is 19.1 Å². The van der Waals surface area contributed by atoms with Gasteiger partial charge in [-0.05, 0) is 62.1 Å². The molecule has 2 rings (SSSR count). The second kappa shape index (κ2) is 6.82. The number of hydrogen-bond donors (Lipinski definition) is 0. The summed E-state index contributed by atoms with van der Waals surface area (Å²) >= 11 is 0. The Kier molecular flexibility index (Phi) is 4.13. The van der Waals surface area contributed by atoms with E-state index in [0.29, 0.717) is 12.5 Å². The highest BCUT2D eigenvalue weighted by atomic mass is 16.5. The third-order valence-electron chi connectivity index (χ3n) is 3.73. The zero-order valence-corrected chi connectivity index (χ0v) is 11.6. The summed E-state index contributed by atoms with van der Waals surface area (Å²) in [7, 11) is 0. The number of hydrogen-bond acceptors (Lipinski definition) is 1. The average molecular weight is 248 g/mol. The minimum atomic E-state index is -0.0808. The Morgan fingerprint density at radius 3 is 2.39 bits per heavy atom. The van der Waals surface area contributed by atoms with Gasteiger partial charge in [0.1, 0.15) is 5.75 Å². The molecule has 1 aromatic carbocycles. The minimum absolute atomic E-state index is 0.0808. The van der Waals surface area contributed by atoms with Crippen molar-refractivity contribution in [2.45, 2.75) is 58.2 Å². The maximum Gasteiger partial charge on any atom is 0.119 e. The largest absolute Gasteiger partial charge is 0.494 e. The molecule has 0 saturated heterocycles. The summed E-state index contributed by atoms with van der Waals surface area (Å²) in [4.78, 5) is 0. The highest BCUT2D eigenvalue weighted by Gasteiger charge is 2.21. The minimum Gasteiger partial charge on any atom is -0.494 e. The summed E-state index contributed by atoms with van der Waals surface area (Å²) in [5.41, 5.74) is 1.26. The molecule has 0 aromatic heterocycles. The SMILES string of the molecule is [2H]C1CC(c2ccc(OCC)cc2)CC([2H])C1CCC. The highest BCUT2D eigenvalue weighted by Crippen LogP contribution is 2.37. The number of benzene rings is 1. The van der Waals surface area contributed by atoms with Gasteiger partial charge in [0.25, 0.3) is 0 Å². The molecular formula is C17H26O. The maximum absolute atomic E-state index is 8.31. The van der Waals surface area contributed by atoms with E-state index in [1.54, 1.807) is 0 Å². The first-order chi connectivity index (χ1) is 9.65. The monoisotopic (exact) mass is 248 g/mol. The second-order valence-corrected chi connectivity index (χ2v) is 5.09. The van der Waals surface area contributed by atoms with Crippen LogP contribution in [0.5, 0.6) is 5.75 Å². The topological polar surface area (TPSA) is 9.23 Å². The van der Waals surface area contributed by atoms with Crippen molar-refractivity contribution < 1.29 is 7.48 Å². The summed E-state index contributed by atoms with van der Waals surface area (Å²) < 4.78 is 22.1. The van der Waals surface area contributed by atoms with Crippen LogP contribution in [0.2, 0.25) is 0 Å². The lowest BCUT2D eigenvalue weighted by Gasteiger charge is -2.28. The standard InChI is InChI=1S/C17H26O/c1-3-5-14-6-8-15(9-7-14)16-10-12-17(13-11-16)18-4-2/h10-15H,3-9H2,1-2H3/i6D,7D.